The lowest BCUT2D eigenvalue weighted by atomic mass is 10.2. The van der Waals surface area contributed by atoms with Gasteiger partial charge in [-0.2, -0.15) is 0 Å². The molecule has 0 atom stereocenters. The molecule has 162 valence electrons. The fourth-order valence-corrected chi connectivity index (χ4v) is 5.17. The number of hydrogen-bond acceptors (Lipinski definition) is 6. The minimum absolute atomic E-state index is 0.0414. The summed E-state index contributed by atoms with van der Waals surface area (Å²) in [6, 6.07) is 6.67. The summed E-state index contributed by atoms with van der Waals surface area (Å²) < 4.78 is 46.2. The molecule has 1 amide bonds. The maximum atomic E-state index is 13.3. The van der Waals surface area contributed by atoms with Crippen molar-refractivity contribution in [2.45, 2.75) is 24.0 Å². The van der Waals surface area contributed by atoms with Gasteiger partial charge in [-0.25, -0.2) is 12.8 Å². The largest absolute Gasteiger partial charge is 0.354 e. The third-order valence-electron chi connectivity index (χ3n) is 4.52. The third-order valence-corrected chi connectivity index (χ3v) is 7.74. The number of nitrogens with zero attached hydrogens (tertiary/aromatic N) is 1. The quantitative estimate of drug-likeness (QED) is 0.485. The highest BCUT2D eigenvalue weighted by Gasteiger charge is 2.30. The van der Waals surface area contributed by atoms with Gasteiger partial charge in [-0.1, -0.05) is 16.8 Å². The predicted octanol–water partition coefficient (Wildman–Crippen LogP) is 5.16. The molecular formula is C20H17ClFN3O4S2. The van der Waals surface area contributed by atoms with E-state index in [1.807, 2.05) is 0 Å². The number of anilines is 2. The van der Waals surface area contributed by atoms with Crippen molar-refractivity contribution in [3.63, 3.8) is 0 Å². The minimum atomic E-state index is -3.87. The Morgan fingerprint density at radius 3 is 2.77 bits per heavy atom. The predicted molar refractivity (Wildman–Crippen MR) is 118 cm³/mol. The molecule has 0 saturated heterocycles. The topological polar surface area (TPSA) is 101 Å². The van der Waals surface area contributed by atoms with Crippen LogP contribution in [0.4, 0.5) is 15.8 Å². The van der Waals surface area contributed by atoms with Gasteiger partial charge in [0.25, 0.3) is 10.0 Å². The second-order valence-electron chi connectivity index (χ2n) is 7.00. The van der Waals surface area contributed by atoms with Crippen LogP contribution in [0.25, 0.3) is 12.2 Å². The van der Waals surface area contributed by atoms with E-state index < -0.39 is 15.8 Å². The minimum Gasteiger partial charge on any atom is -0.354 e. The van der Waals surface area contributed by atoms with Crippen LogP contribution in [0, 0.1) is 18.7 Å². The number of nitrogens with one attached hydrogen (secondary N) is 2. The summed E-state index contributed by atoms with van der Waals surface area (Å²) in [4.78, 5) is 12.7. The van der Waals surface area contributed by atoms with E-state index in [2.05, 4.69) is 15.2 Å². The van der Waals surface area contributed by atoms with E-state index >= 15 is 0 Å². The van der Waals surface area contributed by atoms with E-state index in [9.17, 15) is 17.6 Å². The van der Waals surface area contributed by atoms with Crippen molar-refractivity contribution in [2.24, 2.45) is 5.92 Å². The highest BCUT2D eigenvalue weighted by atomic mass is 35.5. The maximum absolute atomic E-state index is 13.3. The molecule has 7 nitrogen and oxygen atoms in total. The Hall–Kier alpha value is -2.69. The number of rotatable bonds is 7. The van der Waals surface area contributed by atoms with Gasteiger partial charge in [-0.3, -0.25) is 9.52 Å². The van der Waals surface area contributed by atoms with Crippen LogP contribution in [-0.2, 0) is 14.8 Å². The van der Waals surface area contributed by atoms with Crippen LogP contribution in [0.5, 0.6) is 0 Å². The standard InChI is InChI=1S/C20H17ClFN3O4S2/c1-11-19(23-20(26)12-2-3-12)17(29-24-11)8-5-14-6-9-18(30-14)31(27,28)25-13-4-7-16(22)15(21)10-13/h4-10,12,25H,2-3H2,1H3,(H,23,26). The highest BCUT2D eigenvalue weighted by Crippen LogP contribution is 2.32. The number of aryl methyl sites for hydroxylation is 1. The van der Waals surface area contributed by atoms with Crippen LogP contribution in [0.1, 0.15) is 29.2 Å². The third kappa shape index (κ3) is 4.97. The molecule has 1 aliphatic rings. The van der Waals surface area contributed by atoms with Gasteiger partial charge in [0.15, 0.2) is 5.76 Å². The van der Waals surface area contributed by atoms with Gasteiger partial charge in [0.2, 0.25) is 5.91 Å². The van der Waals surface area contributed by atoms with Gasteiger partial charge in [0.1, 0.15) is 21.4 Å². The van der Waals surface area contributed by atoms with Crippen molar-refractivity contribution in [3.05, 3.63) is 57.5 Å². The number of carbonyl (C=O) groups is 1. The van der Waals surface area contributed by atoms with Crippen LogP contribution < -0.4 is 10.0 Å². The van der Waals surface area contributed by atoms with E-state index in [4.69, 9.17) is 16.1 Å². The monoisotopic (exact) mass is 481 g/mol. The Bertz CT molecular complexity index is 1280. The molecule has 1 aliphatic carbocycles. The van der Waals surface area contributed by atoms with Gasteiger partial charge in [0.05, 0.1) is 10.7 Å². The van der Waals surface area contributed by atoms with Crippen LogP contribution in [0.3, 0.4) is 0 Å². The molecule has 1 aromatic carbocycles. The first-order valence-electron chi connectivity index (χ1n) is 9.26. The lowest BCUT2D eigenvalue weighted by Crippen LogP contribution is -2.14. The first-order chi connectivity index (χ1) is 14.7. The number of hydrogen-bond donors (Lipinski definition) is 2. The SMILES string of the molecule is Cc1noc(C=Cc2ccc(S(=O)(=O)Nc3ccc(F)c(Cl)c3)s2)c1NC(=O)C1CC1. The Morgan fingerprint density at radius 1 is 1.29 bits per heavy atom. The smallest absolute Gasteiger partial charge is 0.271 e. The molecule has 0 spiro atoms. The first-order valence-corrected chi connectivity index (χ1v) is 11.9. The number of benzene rings is 1. The van der Waals surface area contributed by atoms with Crippen molar-refractivity contribution in [3.8, 4) is 0 Å². The summed E-state index contributed by atoms with van der Waals surface area (Å²) in [5.74, 6) is -0.274. The molecule has 2 N–H and O–H groups in total. The number of carbonyl (C=O) groups excluding carboxylic acids is 1. The molecule has 2 heterocycles. The zero-order chi connectivity index (χ0) is 22.2. The number of thiophene rings is 1. The van der Waals surface area contributed by atoms with Crippen LogP contribution in [0.2, 0.25) is 5.02 Å². The Labute approximate surface area is 187 Å². The highest BCUT2D eigenvalue weighted by molar-refractivity contribution is 7.94. The van der Waals surface area contributed by atoms with Crippen LogP contribution in [-0.4, -0.2) is 19.5 Å². The van der Waals surface area contributed by atoms with Crippen LogP contribution >= 0.6 is 22.9 Å². The fourth-order valence-electron chi connectivity index (χ4n) is 2.72. The molecule has 4 rings (SSSR count). The van der Waals surface area contributed by atoms with Crippen molar-refractivity contribution in [1.82, 2.24) is 5.16 Å². The molecule has 0 aliphatic heterocycles. The van der Waals surface area contributed by atoms with E-state index in [1.54, 1.807) is 25.1 Å². The van der Waals surface area contributed by atoms with Crippen molar-refractivity contribution in [1.29, 1.82) is 0 Å². The van der Waals surface area contributed by atoms with Gasteiger partial charge in [-0.15, -0.1) is 11.3 Å². The Morgan fingerprint density at radius 2 is 2.06 bits per heavy atom. The molecule has 1 fully saturated rings. The number of aromatic nitrogens is 1. The summed E-state index contributed by atoms with van der Waals surface area (Å²) >= 11 is 6.74. The molecular weight excluding hydrogens is 465 g/mol. The van der Waals surface area contributed by atoms with Gasteiger partial charge in [-0.05, 0) is 62.2 Å². The molecule has 3 aromatic rings. The fraction of sp³-hybridized carbons (Fsp3) is 0.200. The van der Waals surface area contributed by atoms with Crippen molar-refractivity contribution in [2.75, 3.05) is 10.0 Å². The lowest BCUT2D eigenvalue weighted by molar-refractivity contribution is -0.117. The summed E-state index contributed by atoms with van der Waals surface area (Å²) in [7, 11) is -3.87. The number of halogens is 2. The van der Waals surface area contributed by atoms with E-state index in [0.29, 0.717) is 22.0 Å². The summed E-state index contributed by atoms with van der Waals surface area (Å²) in [5.41, 5.74) is 1.22. The van der Waals surface area contributed by atoms with Gasteiger partial charge < -0.3 is 9.84 Å². The summed E-state index contributed by atoms with van der Waals surface area (Å²) in [5, 5.41) is 6.54. The van der Waals surface area contributed by atoms with Gasteiger partial charge >= 0.3 is 0 Å². The Kier molecular flexibility index (Phi) is 5.87. The number of amides is 1. The van der Waals surface area contributed by atoms with E-state index in [1.165, 1.54) is 18.2 Å². The first kappa shape index (κ1) is 21.5. The average molecular weight is 482 g/mol. The Balaban J connectivity index is 1.49. The normalized spacial score (nSPS) is 14.2. The van der Waals surface area contributed by atoms with Crippen molar-refractivity contribution >= 4 is 62.4 Å². The second kappa shape index (κ2) is 8.45. The zero-order valence-corrected chi connectivity index (χ0v) is 18.6. The molecule has 11 heteroatoms. The van der Waals surface area contributed by atoms with Crippen LogP contribution in [0.15, 0.2) is 39.1 Å². The zero-order valence-electron chi connectivity index (χ0n) is 16.2. The molecule has 2 aromatic heterocycles. The summed E-state index contributed by atoms with van der Waals surface area (Å²) in [6.45, 7) is 1.73. The van der Waals surface area contributed by atoms with Crippen molar-refractivity contribution < 1.29 is 22.1 Å². The second-order valence-corrected chi connectivity index (χ2v) is 10.4. The summed E-state index contributed by atoms with van der Waals surface area (Å²) in [6.07, 6.45) is 5.06. The lowest BCUT2D eigenvalue weighted by Gasteiger charge is -2.06. The molecule has 31 heavy (non-hydrogen) atoms. The van der Waals surface area contributed by atoms with E-state index in [-0.39, 0.29) is 26.7 Å². The molecule has 1 saturated carbocycles. The van der Waals surface area contributed by atoms with Gasteiger partial charge in [0, 0.05) is 10.8 Å². The average Bonchev–Trinajstić information content (AvgIpc) is 3.36. The molecule has 0 radical (unpaired) electrons. The maximum Gasteiger partial charge on any atom is 0.271 e. The molecule has 0 unspecified atom stereocenters. The number of sulfonamides is 1. The molecule has 0 bridgehead atoms. The van der Waals surface area contributed by atoms with E-state index in [0.717, 1.165) is 30.2 Å².